The third-order valence-electron chi connectivity index (χ3n) is 10.1. The Bertz CT molecular complexity index is 972. The van der Waals surface area contributed by atoms with Crippen LogP contribution in [0.1, 0.15) is 92.9 Å². The Kier molecular flexibility index (Phi) is 76.9. The topological polar surface area (TPSA) is 210 Å². The van der Waals surface area contributed by atoms with E-state index in [2.05, 4.69) is 114 Å². The average molecular weight is 1090 g/mol. The fraction of sp³-hybridized carbons (Fsp3) is 1.00. The van der Waals surface area contributed by atoms with E-state index in [4.69, 9.17) is 45.8 Å². The fourth-order valence-electron chi connectivity index (χ4n) is 6.49. The van der Waals surface area contributed by atoms with Crippen molar-refractivity contribution >= 4 is 0 Å². The molecule has 0 bridgehead atoms. The molecule has 0 aromatic carbocycles. The summed E-state index contributed by atoms with van der Waals surface area (Å²) in [7, 11) is 8.64. The van der Waals surface area contributed by atoms with Gasteiger partial charge in [-0.1, -0.05) is 64.3 Å². The number of rotatable bonds is 3. The number of hydrogen-bond acceptors (Lipinski definition) is 15. The zero-order valence-corrected chi connectivity index (χ0v) is 39.8. The summed E-state index contributed by atoms with van der Waals surface area (Å²) < 4.78 is 66.9. The van der Waals surface area contributed by atoms with Gasteiger partial charge in [-0.15, -0.1) is 0 Å². The van der Waals surface area contributed by atoms with Crippen LogP contribution in [-0.2, 0) is 125 Å². The third-order valence-corrected chi connectivity index (χ3v) is 10.1. The first-order valence-electron chi connectivity index (χ1n) is 17.2. The van der Waals surface area contributed by atoms with Crippen LogP contribution >= 0.6 is 0 Å². The molecular formula is C36H88Cr4Cu2N4O11. The van der Waals surface area contributed by atoms with Gasteiger partial charge >= 0.3 is 90.3 Å². The molecule has 0 unspecified atom stereocenters. The SMILES string of the molecule is C.C.C.C.C[C@@H]1CN(C)CC[C@@H]1C.C[C@@H]1CN(C)CC[C@@H]1CO.C[C@@H]1CN(C)CC[C@@H]1CO.C[C@@H]1CN(C)CC[C@@H]1CO.[Cr].[Cr].[HH].[HH].[O]=[Cr](=[O])=[O].[O]=[Cr](=[O])=[O].[O]=[Cu].[O]=[Cu]. The number of piperidine rings is 4. The maximum absolute atomic E-state index is 8.93. The molecule has 4 rings (SSSR count). The summed E-state index contributed by atoms with van der Waals surface area (Å²) in [5.74, 6) is 5.52. The van der Waals surface area contributed by atoms with Crippen LogP contribution in [0.3, 0.4) is 0 Å². The van der Waals surface area contributed by atoms with Crippen molar-refractivity contribution in [2.75, 3.05) is 100 Å². The second kappa shape index (κ2) is 53.4. The molecule has 8 atom stereocenters. The molecule has 0 spiro atoms. The van der Waals surface area contributed by atoms with Gasteiger partial charge in [0.2, 0.25) is 0 Å². The maximum atomic E-state index is 8.93. The Morgan fingerprint density at radius 2 is 0.614 bits per heavy atom. The van der Waals surface area contributed by atoms with Crippen LogP contribution in [-0.4, -0.2) is 135 Å². The Labute approximate surface area is 397 Å². The summed E-state index contributed by atoms with van der Waals surface area (Å²) in [6.07, 6.45) is 4.87. The van der Waals surface area contributed by atoms with Crippen molar-refractivity contribution < 1.29 is 143 Å². The quantitative estimate of drug-likeness (QED) is 0.304. The number of aliphatic hydroxyl groups is 3. The normalized spacial score (nSPS) is 26.3. The predicted molar refractivity (Wildman–Crippen MR) is 203 cm³/mol. The van der Waals surface area contributed by atoms with Crippen LogP contribution in [0.25, 0.3) is 0 Å². The Balaban J connectivity index is -0.0000000440. The van der Waals surface area contributed by atoms with E-state index in [9.17, 15) is 0 Å². The van der Waals surface area contributed by atoms with E-state index in [1.54, 1.807) is 0 Å². The Morgan fingerprint density at radius 3 is 0.754 bits per heavy atom. The van der Waals surface area contributed by atoms with Crippen molar-refractivity contribution in [2.45, 2.75) is 90.0 Å². The number of likely N-dealkylation sites (tertiary alicyclic amines) is 4. The molecule has 0 amide bonds. The van der Waals surface area contributed by atoms with Gasteiger partial charge in [-0.2, -0.15) is 0 Å². The van der Waals surface area contributed by atoms with Crippen molar-refractivity contribution in [1.82, 2.24) is 19.6 Å². The summed E-state index contributed by atoms with van der Waals surface area (Å²) in [5.41, 5.74) is 0. The van der Waals surface area contributed by atoms with E-state index >= 15 is 0 Å². The molecule has 4 heterocycles. The molecule has 3 N–H and O–H groups in total. The molecular weight excluding hydrogens is 999 g/mol. The summed E-state index contributed by atoms with van der Waals surface area (Å²) >= 11 is -1.71. The number of aliphatic hydroxyl groups excluding tert-OH is 3. The van der Waals surface area contributed by atoms with E-state index in [0.29, 0.717) is 55.3 Å². The van der Waals surface area contributed by atoms with Gasteiger partial charge in [-0.3, -0.25) is 0 Å². The van der Waals surface area contributed by atoms with Gasteiger partial charge in [0.15, 0.2) is 0 Å². The van der Waals surface area contributed by atoms with E-state index in [-0.39, 0.29) is 67.3 Å². The third kappa shape index (κ3) is 49.8. The molecule has 4 saturated heterocycles. The van der Waals surface area contributed by atoms with Crippen LogP contribution < -0.4 is 0 Å². The summed E-state index contributed by atoms with van der Waals surface area (Å²) in [4.78, 5) is 9.41. The van der Waals surface area contributed by atoms with Crippen molar-refractivity contribution in [3.63, 3.8) is 0 Å². The minimum absolute atomic E-state index is 0. The van der Waals surface area contributed by atoms with Crippen molar-refractivity contribution in [2.24, 2.45) is 47.3 Å². The first kappa shape index (κ1) is 82.0. The Morgan fingerprint density at radius 1 is 0.439 bits per heavy atom. The van der Waals surface area contributed by atoms with Crippen LogP contribution in [0.2, 0.25) is 0 Å². The van der Waals surface area contributed by atoms with Gasteiger partial charge in [0, 0.05) is 83.6 Å². The average Bonchev–Trinajstić information content (AvgIpc) is 3.05. The molecule has 21 heteroatoms. The van der Waals surface area contributed by atoms with E-state index in [0.717, 1.165) is 70.4 Å². The first-order valence-corrected chi connectivity index (χ1v) is 21.1. The van der Waals surface area contributed by atoms with Gasteiger partial charge < -0.3 is 34.9 Å². The van der Waals surface area contributed by atoms with E-state index < -0.39 is 27.9 Å². The molecule has 0 radical (unpaired) electrons. The van der Waals surface area contributed by atoms with Gasteiger partial charge in [-0.25, -0.2) is 0 Å². The second-order valence-electron chi connectivity index (χ2n) is 14.3. The summed E-state index contributed by atoms with van der Waals surface area (Å²) in [6.45, 7) is 21.9. The molecule has 57 heavy (non-hydrogen) atoms. The number of nitrogens with zero attached hydrogens (tertiary/aromatic N) is 4. The van der Waals surface area contributed by atoms with Crippen LogP contribution in [0.5, 0.6) is 0 Å². The summed E-state index contributed by atoms with van der Waals surface area (Å²) in [6, 6.07) is 0. The van der Waals surface area contributed by atoms with Gasteiger partial charge in [0.25, 0.3) is 0 Å². The van der Waals surface area contributed by atoms with E-state index in [1.807, 2.05) is 0 Å². The summed E-state index contributed by atoms with van der Waals surface area (Å²) in [5, 5.41) is 26.8. The molecule has 4 aliphatic rings. The van der Waals surface area contributed by atoms with Crippen molar-refractivity contribution in [1.29, 1.82) is 0 Å². The molecule has 0 aromatic heterocycles. The zero-order chi connectivity index (χ0) is 40.7. The monoisotopic (exact) mass is 1090 g/mol. The molecule has 4 aliphatic heterocycles. The molecule has 0 aromatic rings. The molecule has 0 aliphatic carbocycles. The van der Waals surface area contributed by atoms with Crippen LogP contribution in [0, 0.1) is 47.3 Å². The molecule has 15 nitrogen and oxygen atoms in total. The van der Waals surface area contributed by atoms with Crippen LogP contribution in [0.4, 0.5) is 0 Å². The molecule has 0 saturated carbocycles. The Hall–Kier alpha value is 1.29. The van der Waals surface area contributed by atoms with E-state index in [1.165, 1.54) is 19.5 Å². The second-order valence-corrected chi connectivity index (χ2v) is 15.6. The van der Waals surface area contributed by atoms with Gasteiger partial charge in [-0.05, 0) is 127 Å². The standard InChI is InChI=1S/3C8H17NO.C8H17N.4CH4.4Cr.2Cu.8O.2H2/c3*1-7-5-9(2)4-3-8(7)6-10;1-7-4-5-9(3)6-8(7)2;;;;;;;;;;;;;;;;;;;;/h3*7-8,10H,3-6H2,1-2H3;7-8H,4-6H2,1-3H3;4*1H4;;;;;;;;;;;;;;;2*1H/t3*7-,8-;7-,8+;;;;;;;;;;;;;;;;;;;;/m1110..................../s1. The number of hydrogen-bond donors (Lipinski definition) is 3. The minimum atomic E-state index is -3.79. The van der Waals surface area contributed by atoms with Crippen LogP contribution in [0.15, 0.2) is 0 Å². The van der Waals surface area contributed by atoms with Crippen molar-refractivity contribution in [3.8, 4) is 0 Å². The van der Waals surface area contributed by atoms with Gasteiger partial charge in [0.05, 0.1) is 0 Å². The molecule has 4 fully saturated rings. The first-order chi connectivity index (χ1) is 23.9. The van der Waals surface area contributed by atoms with Crippen molar-refractivity contribution in [3.05, 3.63) is 0 Å². The molecule has 364 valence electrons. The zero-order valence-electron chi connectivity index (χ0n) is 32.9. The predicted octanol–water partition coefficient (Wildman–Crippen LogP) is 5.36. The fourth-order valence-corrected chi connectivity index (χ4v) is 6.49. The van der Waals surface area contributed by atoms with Gasteiger partial charge in [0.1, 0.15) is 0 Å².